The molecule has 0 radical (unpaired) electrons. The molecule has 0 saturated heterocycles. The van der Waals surface area contributed by atoms with Crippen LogP contribution in [-0.4, -0.2) is 18.0 Å². The van der Waals surface area contributed by atoms with E-state index >= 15 is 0 Å². The van der Waals surface area contributed by atoms with Crippen molar-refractivity contribution in [2.45, 2.75) is 11.8 Å². The van der Waals surface area contributed by atoms with Crippen molar-refractivity contribution in [3.63, 3.8) is 0 Å². The summed E-state index contributed by atoms with van der Waals surface area (Å²) in [5, 5.41) is -0.135. The first-order valence-electron chi connectivity index (χ1n) is 9.76. The molecule has 5 aromatic rings. The summed E-state index contributed by atoms with van der Waals surface area (Å²) >= 11 is 0. The molecule has 0 aliphatic rings. The highest BCUT2D eigenvalue weighted by atomic mass is 32.2. The molecule has 11 heteroatoms. The van der Waals surface area contributed by atoms with Gasteiger partial charge in [-0.1, -0.05) is 42.0 Å². The van der Waals surface area contributed by atoms with E-state index in [2.05, 4.69) is 4.98 Å². The van der Waals surface area contributed by atoms with Gasteiger partial charge < -0.3 is 11.5 Å². The van der Waals surface area contributed by atoms with Crippen molar-refractivity contribution < 1.29 is 13.0 Å². The first-order valence-corrected chi connectivity index (χ1v) is 11.2. The predicted octanol–water partition coefficient (Wildman–Crippen LogP) is 1.20. The molecule has 172 valence electrons. The van der Waals surface area contributed by atoms with Gasteiger partial charge in [0.25, 0.3) is 21.2 Å². The maximum atomic E-state index is 12.7. The zero-order valence-corrected chi connectivity index (χ0v) is 18.4. The summed E-state index contributed by atoms with van der Waals surface area (Å²) in [4.78, 5) is 51.2. The number of hydrogen-bond acceptors (Lipinski definition) is 8. The Labute approximate surface area is 190 Å². The third-order valence-corrected chi connectivity index (χ3v) is 6.32. The zero-order chi connectivity index (χ0) is 24.9. The van der Waals surface area contributed by atoms with Gasteiger partial charge in [-0.15, -0.1) is 0 Å². The number of anilines is 2. The number of nitrogen functional groups attached to an aromatic ring is 2. The van der Waals surface area contributed by atoms with Crippen LogP contribution in [0.3, 0.4) is 0 Å². The standard InChI is InChI=1S/C16H9N3O4.C7H8O3S/c17-11-7-8(12(18)10-9(11)15(22)19-16(10)23)14(21)6-4-2-1-3-5(6)13(7)20;1-6-2-4-7(5-3-6)11(8,9)10/h1-4H,17-18H2,(H,19,22,23);2-5H,1H3,(H,8,9,10). The maximum Gasteiger partial charge on any atom is 0.294 e. The maximum absolute atomic E-state index is 12.7. The average Bonchev–Trinajstić information content (AvgIpc) is 3.09. The van der Waals surface area contributed by atoms with E-state index in [1.165, 1.54) is 24.3 Å². The van der Waals surface area contributed by atoms with E-state index in [9.17, 15) is 27.6 Å². The number of rotatable bonds is 1. The number of hydrogen-bond donors (Lipinski definition) is 4. The van der Waals surface area contributed by atoms with Crippen LogP contribution < -0.4 is 33.4 Å². The highest BCUT2D eigenvalue weighted by Crippen LogP contribution is 2.30. The Kier molecular flexibility index (Phi) is 5.31. The van der Waals surface area contributed by atoms with Crippen molar-refractivity contribution in [3.05, 3.63) is 95.2 Å². The third kappa shape index (κ3) is 3.52. The number of aryl methyl sites for hydroxylation is 1. The second-order valence-corrected chi connectivity index (χ2v) is 9.02. The van der Waals surface area contributed by atoms with Crippen molar-refractivity contribution >= 4 is 53.8 Å². The summed E-state index contributed by atoms with van der Waals surface area (Å²) < 4.78 is 29.6. The van der Waals surface area contributed by atoms with E-state index in [1.54, 1.807) is 24.3 Å². The van der Waals surface area contributed by atoms with Crippen molar-refractivity contribution in [2.75, 3.05) is 11.5 Å². The molecular formula is C23H17N3O7S. The van der Waals surface area contributed by atoms with E-state index in [1.807, 2.05) is 6.92 Å². The molecular weight excluding hydrogens is 462 g/mol. The lowest BCUT2D eigenvalue weighted by Gasteiger charge is -2.07. The molecule has 4 aromatic carbocycles. The second-order valence-electron chi connectivity index (χ2n) is 7.60. The van der Waals surface area contributed by atoms with Gasteiger partial charge in [-0.3, -0.25) is 28.7 Å². The van der Waals surface area contributed by atoms with Gasteiger partial charge in [0.1, 0.15) is 0 Å². The number of benzene rings is 4. The number of H-pyrrole nitrogens is 1. The summed E-state index contributed by atoms with van der Waals surface area (Å²) in [5.74, 6) is 0. The van der Waals surface area contributed by atoms with Gasteiger partial charge in [0.2, 0.25) is 0 Å². The molecule has 0 amide bonds. The van der Waals surface area contributed by atoms with Crippen LogP contribution in [0.1, 0.15) is 5.56 Å². The van der Waals surface area contributed by atoms with Crippen LogP contribution in [0, 0.1) is 6.92 Å². The average molecular weight is 479 g/mol. The van der Waals surface area contributed by atoms with E-state index in [0.717, 1.165) is 5.56 Å². The fraction of sp³-hybridized carbons (Fsp3) is 0.0435. The normalized spacial score (nSPS) is 11.6. The SMILES string of the molecule is Cc1ccc(S(=O)(=O)O)cc1.Nc1c2c(=O)[nH]c(=O)c2c(N)c2c(=O)c3ccccc3c(=O)c12. The number of aromatic nitrogens is 1. The van der Waals surface area contributed by atoms with Crippen LogP contribution in [0.5, 0.6) is 0 Å². The lowest BCUT2D eigenvalue weighted by Crippen LogP contribution is -2.17. The van der Waals surface area contributed by atoms with Gasteiger partial charge in [0.05, 0.1) is 37.8 Å². The lowest BCUT2D eigenvalue weighted by atomic mass is 9.97. The topological polar surface area (TPSA) is 190 Å². The van der Waals surface area contributed by atoms with Crippen LogP contribution in [0.4, 0.5) is 11.4 Å². The molecule has 0 fully saturated rings. The molecule has 1 heterocycles. The summed E-state index contributed by atoms with van der Waals surface area (Å²) in [6, 6.07) is 12.2. The van der Waals surface area contributed by atoms with Gasteiger partial charge in [-0.2, -0.15) is 8.42 Å². The first kappa shape index (κ1) is 22.8. The van der Waals surface area contributed by atoms with Crippen molar-refractivity contribution in [1.29, 1.82) is 0 Å². The van der Waals surface area contributed by atoms with Crippen LogP contribution in [0.15, 0.2) is 72.6 Å². The smallest absolute Gasteiger partial charge is 0.294 e. The van der Waals surface area contributed by atoms with E-state index in [0.29, 0.717) is 0 Å². The third-order valence-electron chi connectivity index (χ3n) is 5.45. The Balaban J connectivity index is 0.000000210. The van der Waals surface area contributed by atoms with E-state index < -0.39 is 32.1 Å². The summed E-state index contributed by atoms with van der Waals surface area (Å²) in [6.45, 7) is 1.84. The van der Waals surface area contributed by atoms with Crippen molar-refractivity contribution in [3.8, 4) is 0 Å². The molecule has 0 atom stereocenters. The van der Waals surface area contributed by atoms with Crippen molar-refractivity contribution in [2.24, 2.45) is 0 Å². The van der Waals surface area contributed by atoms with Crippen LogP contribution in [0.2, 0.25) is 0 Å². The van der Waals surface area contributed by atoms with Gasteiger partial charge in [0.15, 0.2) is 10.9 Å². The minimum atomic E-state index is -4.02. The summed E-state index contributed by atoms with van der Waals surface area (Å²) in [5.41, 5.74) is 10.0. The molecule has 10 nitrogen and oxygen atoms in total. The van der Waals surface area contributed by atoms with Gasteiger partial charge in [-0.25, -0.2) is 0 Å². The number of nitrogens with one attached hydrogen (secondary N) is 1. The van der Waals surface area contributed by atoms with E-state index in [-0.39, 0.29) is 48.6 Å². The van der Waals surface area contributed by atoms with E-state index in [4.69, 9.17) is 16.0 Å². The molecule has 0 bridgehead atoms. The molecule has 0 spiro atoms. The van der Waals surface area contributed by atoms with Crippen LogP contribution in [-0.2, 0) is 10.1 Å². The number of aromatic amines is 1. The minimum Gasteiger partial charge on any atom is -0.397 e. The number of fused-ring (bicyclic) bond motifs is 3. The summed E-state index contributed by atoms with van der Waals surface area (Å²) in [6.07, 6.45) is 0. The van der Waals surface area contributed by atoms with Gasteiger partial charge in [-0.05, 0) is 19.1 Å². The first-order chi connectivity index (χ1) is 15.9. The zero-order valence-electron chi connectivity index (χ0n) is 17.6. The highest BCUT2D eigenvalue weighted by Gasteiger charge is 2.22. The van der Waals surface area contributed by atoms with Crippen molar-refractivity contribution in [1.82, 2.24) is 4.98 Å². The predicted molar refractivity (Wildman–Crippen MR) is 131 cm³/mol. The minimum absolute atomic E-state index is 0.0666. The molecule has 0 aliphatic carbocycles. The van der Waals surface area contributed by atoms with Gasteiger partial charge >= 0.3 is 0 Å². The Morgan fingerprint density at radius 3 is 1.50 bits per heavy atom. The largest absolute Gasteiger partial charge is 0.397 e. The monoisotopic (exact) mass is 479 g/mol. The molecule has 0 saturated carbocycles. The quantitative estimate of drug-likeness (QED) is 0.118. The molecule has 6 N–H and O–H groups in total. The second kappa shape index (κ2) is 7.90. The highest BCUT2D eigenvalue weighted by molar-refractivity contribution is 7.85. The molecule has 0 unspecified atom stereocenters. The van der Waals surface area contributed by atoms with Gasteiger partial charge in [0, 0.05) is 10.8 Å². The number of nitrogens with two attached hydrogens (primary N) is 2. The fourth-order valence-electron chi connectivity index (χ4n) is 3.82. The Morgan fingerprint density at radius 1 is 0.706 bits per heavy atom. The Morgan fingerprint density at radius 2 is 1.12 bits per heavy atom. The molecule has 0 aliphatic heterocycles. The lowest BCUT2D eigenvalue weighted by molar-refractivity contribution is 0.483. The fourth-order valence-corrected chi connectivity index (χ4v) is 4.30. The van der Waals surface area contributed by atoms with Crippen LogP contribution in [0.25, 0.3) is 32.3 Å². The molecule has 34 heavy (non-hydrogen) atoms. The molecule has 5 rings (SSSR count). The Hall–Kier alpha value is -4.35. The summed E-state index contributed by atoms with van der Waals surface area (Å²) in [7, 11) is -4.02. The van der Waals surface area contributed by atoms with Crippen LogP contribution >= 0.6 is 0 Å². The Bertz CT molecular complexity index is 1830. The molecule has 1 aromatic heterocycles.